The molecular weight excluding hydrogens is 316 g/mol. The number of carbonyl (C=O) groups excluding carboxylic acids is 1. The van der Waals surface area contributed by atoms with Gasteiger partial charge < -0.3 is 5.32 Å². The van der Waals surface area contributed by atoms with Gasteiger partial charge >= 0.3 is 0 Å². The molecule has 120 valence electrons. The maximum atomic E-state index is 12.4. The Kier molecular flexibility index (Phi) is 5.01. The van der Waals surface area contributed by atoms with Crippen molar-refractivity contribution in [2.45, 2.75) is 26.8 Å². The molecule has 5 nitrogen and oxygen atoms in total. The minimum atomic E-state index is -0.556. The van der Waals surface area contributed by atoms with Crippen molar-refractivity contribution < 1.29 is 9.72 Å². The van der Waals surface area contributed by atoms with Crippen LogP contribution in [0.1, 0.15) is 40.0 Å². The third-order valence-electron chi connectivity index (χ3n) is 3.78. The maximum absolute atomic E-state index is 12.4. The van der Waals surface area contributed by atoms with Crippen molar-refractivity contribution in [3.05, 3.63) is 73.8 Å². The Balaban J connectivity index is 2.22. The summed E-state index contributed by atoms with van der Waals surface area (Å²) >= 11 is 5.99. The second-order valence-electron chi connectivity index (χ2n) is 5.46. The summed E-state index contributed by atoms with van der Waals surface area (Å²) < 4.78 is 0. The summed E-state index contributed by atoms with van der Waals surface area (Å²) in [7, 11) is 0. The molecule has 0 aliphatic rings. The van der Waals surface area contributed by atoms with Gasteiger partial charge in [-0.15, -0.1) is 0 Å². The van der Waals surface area contributed by atoms with E-state index in [0.29, 0.717) is 0 Å². The first kappa shape index (κ1) is 17.0. The van der Waals surface area contributed by atoms with Crippen LogP contribution in [-0.2, 0) is 0 Å². The number of nitro benzene ring substituents is 1. The third kappa shape index (κ3) is 3.87. The summed E-state index contributed by atoms with van der Waals surface area (Å²) in [5.41, 5.74) is 3.20. The third-order valence-corrected chi connectivity index (χ3v) is 4.11. The predicted molar refractivity (Wildman–Crippen MR) is 89.9 cm³/mol. The number of hydrogen-bond acceptors (Lipinski definition) is 3. The SMILES string of the molecule is Cc1ccc([C@@H](C)NC(=O)c2cc([N+](=O)[O-])ccc2Cl)cc1C. The fraction of sp³-hybridized carbons (Fsp3) is 0.235. The van der Waals surface area contributed by atoms with E-state index in [1.807, 2.05) is 39.0 Å². The first-order valence-electron chi connectivity index (χ1n) is 7.11. The molecular formula is C17H17ClN2O3. The Bertz CT molecular complexity index is 774. The Morgan fingerprint density at radius 1 is 1.17 bits per heavy atom. The molecule has 0 aromatic heterocycles. The van der Waals surface area contributed by atoms with Crippen LogP contribution in [0.3, 0.4) is 0 Å². The van der Waals surface area contributed by atoms with Crippen LogP contribution in [0.15, 0.2) is 36.4 Å². The molecule has 0 spiro atoms. The first-order chi connectivity index (χ1) is 10.8. The predicted octanol–water partition coefficient (Wildman–Crippen LogP) is 4.36. The number of nitro groups is 1. The molecule has 0 radical (unpaired) electrons. The van der Waals surface area contributed by atoms with Gasteiger partial charge in [-0.25, -0.2) is 0 Å². The summed E-state index contributed by atoms with van der Waals surface area (Å²) in [6, 6.07) is 9.52. The fourth-order valence-corrected chi connectivity index (χ4v) is 2.40. The number of nitrogens with one attached hydrogen (secondary N) is 1. The smallest absolute Gasteiger partial charge is 0.270 e. The van der Waals surface area contributed by atoms with Crippen molar-refractivity contribution in [1.29, 1.82) is 0 Å². The van der Waals surface area contributed by atoms with Gasteiger partial charge in [-0.1, -0.05) is 29.8 Å². The lowest BCUT2D eigenvalue weighted by Gasteiger charge is -2.16. The summed E-state index contributed by atoms with van der Waals surface area (Å²) in [6.45, 7) is 5.88. The van der Waals surface area contributed by atoms with Gasteiger partial charge in [-0.3, -0.25) is 14.9 Å². The van der Waals surface area contributed by atoms with E-state index >= 15 is 0 Å². The van der Waals surface area contributed by atoms with Crippen LogP contribution in [0.5, 0.6) is 0 Å². The van der Waals surface area contributed by atoms with Crippen molar-refractivity contribution in [2.24, 2.45) is 0 Å². The molecule has 0 fully saturated rings. The number of hydrogen-bond donors (Lipinski definition) is 1. The van der Waals surface area contributed by atoms with Gasteiger partial charge in [-0.05, 0) is 43.5 Å². The average molecular weight is 333 g/mol. The summed E-state index contributed by atoms with van der Waals surface area (Å²) in [6.07, 6.45) is 0. The molecule has 2 aromatic carbocycles. The van der Waals surface area contributed by atoms with Crippen molar-refractivity contribution in [2.75, 3.05) is 0 Å². The normalized spacial score (nSPS) is 11.8. The molecule has 6 heteroatoms. The van der Waals surface area contributed by atoms with Crippen LogP contribution in [0.25, 0.3) is 0 Å². The maximum Gasteiger partial charge on any atom is 0.270 e. The minimum Gasteiger partial charge on any atom is -0.345 e. The fourth-order valence-electron chi connectivity index (χ4n) is 2.19. The van der Waals surface area contributed by atoms with Crippen molar-refractivity contribution in [3.8, 4) is 0 Å². The first-order valence-corrected chi connectivity index (χ1v) is 7.49. The number of carbonyl (C=O) groups is 1. The van der Waals surface area contributed by atoms with Gasteiger partial charge in [0.05, 0.1) is 21.6 Å². The highest BCUT2D eigenvalue weighted by atomic mass is 35.5. The van der Waals surface area contributed by atoms with Gasteiger partial charge in [0.25, 0.3) is 11.6 Å². The van der Waals surface area contributed by atoms with E-state index in [1.165, 1.54) is 23.8 Å². The molecule has 2 aromatic rings. The van der Waals surface area contributed by atoms with E-state index in [2.05, 4.69) is 5.32 Å². The number of halogens is 1. The molecule has 0 saturated heterocycles. The van der Waals surface area contributed by atoms with E-state index in [4.69, 9.17) is 11.6 Å². The lowest BCUT2D eigenvalue weighted by Crippen LogP contribution is -2.27. The van der Waals surface area contributed by atoms with Crippen molar-refractivity contribution in [3.63, 3.8) is 0 Å². The number of rotatable bonds is 4. The van der Waals surface area contributed by atoms with Crippen molar-refractivity contribution in [1.82, 2.24) is 5.32 Å². The second-order valence-corrected chi connectivity index (χ2v) is 5.87. The molecule has 0 saturated carbocycles. The molecule has 1 atom stereocenters. The van der Waals surface area contributed by atoms with Gasteiger partial charge in [0.15, 0.2) is 0 Å². The Hall–Kier alpha value is -2.40. The molecule has 0 aliphatic heterocycles. The van der Waals surface area contributed by atoms with E-state index in [0.717, 1.165) is 11.1 Å². The van der Waals surface area contributed by atoms with Gasteiger partial charge in [-0.2, -0.15) is 0 Å². The van der Waals surface area contributed by atoms with Crippen LogP contribution < -0.4 is 5.32 Å². The highest BCUT2D eigenvalue weighted by Gasteiger charge is 2.18. The Morgan fingerprint density at radius 2 is 1.87 bits per heavy atom. The van der Waals surface area contributed by atoms with E-state index in [1.54, 1.807) is 0 Å². The molecule has 0 heterocycles. The largest absolute Gasteiger partial charge is 0.345 e. The highest BCUT2D eigenvalue weighted by molar-refractivity contribution is 6.33. The number of aryl methyl sites for hydroxylation is 2. The van der Waals surface area contributed by atoms with Crippen LogP contribution in [0.2, 0.25) is 5.02 Å². The molecule has 0 bridgehead atoms. The number of non-ortho nitro benzene ring substituents is 1. The van der Waals surface area contributed by atoms with Gasteiger partial charge in [0, 0.05) is 12.1 Å². The molecule has 0 aliphatic carbocycles. The summed E-state index contributed by atoms with van der Waals surface area (Å²) in [5.74, 6) is -0.440. The molecule has 2 rings (SSSR count). The van der Waals surface area contributed by atoms with Crippen molar-refractivity contribution >= 4 is 23.2 Å². The molecule has 0 unspecified atom stereocenters. The summed E-state index contributed by atoms with van der Waals surface area (Å²) in [4.78, 5) is 22.6. The molecule has 1 amide bonds. The topological polar surface area (TPSA) is 72.2 Å². The monoisotopic (exact) mass is 332 g/mol. The van der Waals surface area contributed by atoms with E-state index in [-0.39, 0.29) is 22.3 Å². The van der Waals surface area contributed by atoms with Gasteiger partial charge in [0.1, 0.15) is 0 Å². The zero-order chi connectivity index (χ0) is 17.1. The van der Waals surface area contributed by atoms with Crippen LogP contribution in [0, 0.1) is 24.0 Å². The van der Waals surface area contributed by atoms with E-state index in [9.17, 15) is 14.9 Å². The Labute approximate surface area is 139 Å². The number of nitrogens with zero attached hydrogens (tertiary/aromatic N) is 1. The lowest BCUT2D eigenvalue weighted by atomic mass is 10.0. The standard InChI is InChI=1S/C17H17ClN2O3/c1-10-4-5-13(8-11(10)2)12(3)19-17(21)15-9-14(20(22)23)6-7-16(15)18/h4-9,12H,1-3H3,(H,19,21)/t12-/m1/s1. The average Bonchev–Trinajstić information content (AvgIpc) is 2.49. The van der Waals surface area contributed by atoms with Gasteiger partial charge in [0.2, 0.25) is 0 Å². The minimum absolute atomic E-state index is 0.0940. The molecule has 23 heavy (non-hydrogen) atoms. The zero-order valence-electron chi connectivity index (χ0n) is 13.1. The quantitative estimate of drug-likeness (QED) is 0.668. The highest BCUT2D eigenvalue weighted by Crippen LogP contribution is 2.23. The van der Waals surface area contributed by atoms with Crippen LogP contribution >= 0.6 is 11.6 Å². The van der Waals surface area contributed by atoms with E-state index < -0.39 is 10.8 Å². The molecule has 1 N–H and O–H groups in total. The zero-order valence-corrected chi connectivity index (χ0v) is 13.8. The Morgan fingerprint density at radius 3 is 2.48 bits per heavy atom. The summed E-state index contributed by atoms with van der Waals surface area (Å²) in [5, 5.41) is 13.8. The van der Waals surface area contributed by atoms with Crippen LogP contribution in [0.4, 0.5) is 5.69 Å². The lowest BCUT2D eigenvalue weighted by molar-refractivity contribution is -0.384. The number of benzene rings is 2. The second kappa shape index (κ2) is 6.79. The van der Waals surface area contributed by atoms with Crippen LogP contribution in [-0.4, -0.2) is 10.8 Å². The number of amides is 1.